The number of allylic oxidation sites excluding steroid dienone is 8. The molecule has 0 aromatic carbocycles. The normalized spacial score (nSPS) is 26.0. The third-order valence-corrected chi connectivity index (χ3v) is 10.2. The Hall–Kier alpha value is -3.46. The summed E-state index contributed by atoms with van der Waals surface area (Å²) in [6.45, 7) is 3.74. The van der Waals surface area contributed by atoms with Gasteiger partial charge in [-0.3, -0.25) is 19.6 Å². The summed E-state index contributed by atoms with van der Waals surface area (Å²) in [5.74, 6) is -0.251. The van der Waals surface area contributed by atoms with Gasteiger partial charge in [-0.2, -0.15) is 5.10 Å². The van der Waals surface area contributed by atoms with Crippen molar-refractivity contribution in [3.8, 4) is 0 Å². The number of hydrogen-bond acceptors (Lipinski definition) is 5. The van der Waals surface area contributed by atoms with Gasteiger partial charge < -0.3 is 5.32 Å². The van der Waals surface area contributed by atoms with Gasteiger partial charge in [-0.05, 0) is 70.8 Å². The van der Waals surface area contributed by atoms with E-state index in [0.717, 1.165) is 63.0 Å². The molecule has 0 amide bonds. The van der Waals surface area contributed by atoms with Crippen molar-refractivity contribution < 1.29 is 18.4 Å². The molecule has 5 aliphatic rings. The minimum Gasteiger partial charge on any atom is -0.343 e. The Morgan fingerprint density at radius 1 is 1.09 bits per heavy atom. The first-order chi connectivity index (χ1) is 22.2. The molecule has 1 saturated heterocycles. The number of rotatable bonds is 11. The minimum absolute atomic E-state index is 0.0627. The number of nitrogens with zero attached hydrogens (tertiary/aromatic N) is 3. The molecule has 1 saturated carbocycles. The van der Waals surface area contributed by atoms with Crippen LogP contribution in [-0.4, -0.2) is 58.1 Å². The fourth-order valence-corrected chi connectivity index (χ4v) is 7.48. The number of carbonyl (C=O) groups is 2. The maximum atomic E-state index is 13.5. The van der Waals surface area contributed by atoms with Crippen molar-refractivity contribution in [2.75, 3.05) is 19.6 Å². The average molecular weight is 632 g/mol. The van der Waals surface area contributed by atoms with Crippen LogP contribution in [0.3, 0.4) is 0 Å². The first-order valence-corrected chi connectivity index (χ1v) is 17.2. The Kier molecular flexibility index (Phi) is 10.3. The largest absolute Gasteiger partial charge is 0.343 e. The monoisotopic (exact) mass is 631 g/mol. The van der Waals surface area contributed by atoms with Gasteiger partial charge in [-0.1, -0.05) is 47.6 Å². The summed E-state index contributed by atoms with van der Waals surface area (Å²) in [5, 5.41) is 10.9. The van der Waals surface area contributed by atoms with Crippen LogP contribution in [0.15, 0.2) is 69.9 Å². The maximum Gasteiger partial charge on any atom is 0.248 e. The van der Waals surface area contributed by atoms with Crippen molar-refractivity contribution >= 4 is 23.2 Å². The smallest absolute Gasteiger partial charge is 0.248 e. The van der Waals surface area contributed by atoms with Crippen LogP contribution < -0.4 is 5.32 Å². The highest BCUT2D eigenvalue weighted by Gasteiger charge is 2.37. The van der Waals surface area contributed by atoms with Crippen LogP contribution in [0.2, 0.25) is 0 Å². The predicted octanol–water partition coefficient (Wildman–Crippen LogP) is 7.62. The fraction of sp³-hybridized carbons (Fsp3) is 0.568. The van der Waals surface area contributed by atoms with E-state index in [1.807, 2.05) is 13.0 Å². The SMILES string of the molecule is Cc1cc(N=C2NC(CC3=CC=C(CCC(=O)CN4CC[C@H](C(=O)CC5CCC(F)(F)CC5)C4)CC3)=CC3CCC=CC=C23)n[nH]1. The Morgan fingerprint density at radius 3 is 2.65 bits per heavy atom. The number of Topliss-reactive ketones (excluding diaryl/α,β-unsaturated/α-hetero) is 2. The first kappa shape index (κ1) is 32.5. The van der Waals surface area contributed by atoms with Crippen molar-refractivity contribution in [3.63, 3.8) is 0 Å². The molecular formula is C37H47F2N5O2. The molecule has 9 heteroatoms. The number of alkyl halides is 2. The lowest BCUT2D eigenvalue weighted by Crippen LogP contribution is -2.32. The number of H-pyrrole nitrogens is 1. The number of nitrogens with one attached hydrogen (secondary N) is 2. The lowest BCUT2D eigenvalue weighted by molar-refractivity contribution is -0.125. The molecule has 1 aromatic heterocycles. The van der Waals surface area contributed by atoms with Gasteiger partial charge in [-0.15, -0.1) is 0 Å². The van der Waals surface area contributed by atoms with Crippen LogP contribution in [0, 0.1) is 24.7 Å². The van der Waals surface area contributed by atoms with Gasteiger partial charge in [-0.25, -0.2) is 13.8 Å². The van der Waals surface area contributed by atoms with Gasteiger partial charge in [0.05, 0.1) is 6.54 Å². The highest BCUT2D eigenvalue weighted by atomic mass is 19.3. The van der Waals surface area contributed by atoms with E-state index in [9.17, 15) is 18.4 Å². The second kappa shape index (κ2) is 14.5. The molecule has 0 bridgehead atoms. The van der Waals surface area contributed by atoms with Gasteiger partial charge in [0.2, 0.25) is 5.92 Å². The molecule has 0 spiro atoms. The lowest BCUT2D eigenvalue weighted by atomic mass is 9.82. The zero-order valence-corrected chi connectivity index (χ0v) is 27.0. The van der Waals surface area contributed by atoms with E-state index in [2.05, 4.69) is 56.9 Å². The Bertz CT molecular complexity index is 1490. The van der Waals surface area contributed by atoms with Crippen LogP contribution in [0.4, 0.5) is 14.6 Å². The van der Waals surface area contributed by atoms with Gasteiger partial charge >= 0.3 is 0 Å². The topological polar surface area (TPSA) is 90.4 Å². The molecule has 2 aliphatic heterocycles. The quantitative estimate of drug-likeness (QED) is 0.262. The molecular weight excluding hydrogens is 584 g/mol. The standard InChI is InChI=1S/C37H47F2N5O2/c1-25-19-35(43-42-25)41-36-33-6-4-2-3-5-29(33)22-31(40-36)20-27-9-7-26(8-10-27)11-12-32(45)24-44-18-15-30(23-44)34(46)21-28-13-16-37(38,39)17-14-28/h2,4,6-7,9,19,22,28-30H,3,5,8,10-18,20-21,23-24H2,1H3,(H2,40,41,42,43)/t29?,30-/m0/s1. The van der Waals surface area contributed by atoms with Crippen LogP contribution >= 0.6 is 0 Å². The van der Waals surface area contributed by atoms with E-state index in [0.29, 0.717) is 50.5 Å². The lowest BCUT2D eigenvalue weighted by Gasteiger charge is -2.28. The van der Waals surface area contributed by atoms with E-state index in [1.54, 1.807) is 0 Å². The van der Waals surface area contributed by atoms with Crippen molar-refractivity contribution in [1.29, 1.82) is 0 Å². The zero-order valence-electron chi connectivity index (χ0n) is 27.0. The number of aliphatic imine (C=N–C) groups is 1. The van der Waals surface area contributed by atoms with Crippen LogP contribution in [0.5, 0.6) is 0 Å². The van der Waals surface area contributed by atoms with Crippen LogP contribution in [0.1, 0.15) is 89.2 Å². The second-order valence-electron chi connectivity index (χ2n) is 14.0. The van der Waals surface area contributed by atoms with Gasteiger partial charge in [0.25, 0.3) is 0 Å². The molecule has 0 radical (unpaired) electrons. The fourth-order valence-electron chi connectivity index (χ4n) is 7.48. The molecule has 7 nitrogen and oxygen atoms in total. The number of carbonyl (C=O) groups excluding carboxylic acids is 2. The minimum atomic E-state index is -2.56. The predicted molar refractivity (Wildman–Crippen MR) is 177 cm³/mol. The van der Waals surface area contributed by atoms with E-state index in [4.69, 9.17) is 4.99 Å². The summed E-state index contributed by atoms with van der Waals surface area (Å²) >= 11 is 0. The number of fused-ring (bicyclic) bond motifs is 1. The number of hydrogen-bond donors (Lipinski definition) is 2. The maximum absolute atomic E-state index is 13.5. The average Bonchev–Trinajstić information content (AvgIpc) is 3.59. The molecule has 2 fully saturated rings. The Morgan fingerprint density at radius 2 is 1.89 bits per heavy atom. The summed E-state index contributed by atoms with van der Waals surface area (Å²) in [6, 6.07) is 1.95. The molecule has 1 unspecified atom stereocenters. The van der Waals surface area contributed by atoms with Crippen molar-refractivity contribution in [2.45, 2.75) is 96.3 Å². The van der Waals surface area contributed by atoms with E-state index in [1.165, 1.54) is 22.4 Å². The third-order valence-electron chi connectivity index (χ3n) is 10.2. The summed E-state index contributed by atoms with van der Waals surface area (Å²) in [5.41, 5.74) is 6.04. The highest BCUT2D eigenvalue weighted by Crippen LogP contribution is 2.38. The molecule has 2 N–H and O–H groups in total. The number of likely N-dealkylation sites (tertiary alicyclic amines) is 1. The van der Waals surface area contributed by atoms with Crippen molar-refractivity contribution in [3.05, 3.63) is 70.6 Å². The molecule has 6 rings (SSSR count). The van der Waals surface area contributed by atoms with Crippen molar-refractivity contribution in [2.24, 2.45) is 22.7 Å². The van der Waals surface area contributed by atoms with Crippen LogP contribution in [-0.2, 0) is 9.59 Å². The third kappa shape index (κ3) is 8.66. The molecule has 246 valence electrons. The number of aromatic amines is 1. The Labute approximate surface area is 271 Å². The van der Waals surface area contributed by atoms with Gasteiger partial charge in [0, 0.05) is 73.5 Å². The summed E-state index contributed by atoms with van der Waals surface area (Å²) in [7, 11) is 0. The van der Waals surface area contributed by atoms with Crippen LogP contribution in [0.25, 0.3) is 0 Å². The molecule has 46 heavy (non-hydrogen) atoms. The molecule has 2 atom stereocenters. The first-order valence-electron chi connectivity index (χ1n) is 17.2. The van der Waals surface area contributed by atoms with Crippen molar-refractivity contribution in [1.82, 2.24) is 20.4 Å². The summed E-state index contributed by atoms with van der Waals surface area (Å²) in [4.78, 5) is 32.6. The number of aromatic nitrogens is 2. The number of aryl methyl sites for hydroxylation is 1. The van der Waals surface area contributed by atoms with Gasteiger partial charge in [0.15, 0.2) is 5.82 Å². The van der Waals surface area contributed by atoms with E-state index >= 15 is 0 Å². The van der Waals surface area contributed by atoms with E-state index in [-0.39, 0.29) is 36.2 Å². The Balaban J connectivity index is 0.960. The zero-order chi connectivity index (χ0) is 32.1. The number of amidine groups is 1. The summed E-state index contributed by atoms with van der Waals surface area (Å²) in [6.07, 6.45) is 21.3. The number of ketones is 2. The molecule has 1 aromatic rings. The van der Waals surface area contributed by atoms with Gasteiger partial charge in [0.1, 0.15) is 17.4 Å². The van der Waals surface area contributed by atoms with E-state index < -0.39 is 5.92 Å². The second-order valence-corrected chi connectivity index (χ2v) is 14.0. The molecule has 3 aliphatic carbocycles. The summed E-state index contributed by atoms with van der Waals surface area (Å²) < 4.78 is 26.9. The highest BCUT2D eigenvalue weighted by molar-refractivity contribution is 6.02. The molecule has 3 heterocycles. The number of halogens is 2.